The second kappa shape index (κ2) is 6.82. The van der Waals surface area contributed by atoms with Gasteiger partial charge in [0.05, 0.1) is 16.4 Å². The lowest BCUT2D eigenvalue weighted by Crippen LogP contribution is -2.52. The average molecular weight is 362 g/mol. The van der Waals surface area contributed by atoms with Crippen LogP contribution in [-0.4, -0.2) is 62.2 Å². The number of benzene rings is 1. The minimum atomic E-state index is -3.78. The highest BCUT2D eigenvalue weighted by Gasteiger charge is 2.35. The lowest BCUT2D eigenvalue weighted by molar-refractivity contribution is -0.136. The molecular weight excluding hydrogens is 344 g/mol. The van der Waals surface area contributed by atoms with E-state index in [-0.39, 0.29) is 60.8 Å². The molecule has 2 amide bonds. The van der Waals surface area contributed by atoms with Crippen molar-refractivity contribution in [2.75, 3.05) is 32.7 Å². The molecule has 0 saturated carbocycles. The van der Waals surface area contributed by atoms with Crippen LogP contribution in [0.4, 0.5) is 0 Å². The summed E-state index contributed by atoms with van der Waals surface area (Å²) in [5, 5.41) is 11.8. The van der Waals surface area contributed by atoms with Crippen LogP contribution in [0.3, 0.4) is 0 Å². The molecule has 1 aromatic carbocycles. The maximum absolute atomic E-state index is 12.8. The smallest absolute Gasteiger partial charge is 0.244 e. The summed E-state index contributed by atoms with van der Waals surface area (Å²) in [6.07, 6.45) is 0.187. The van der Waals surface area contributed by atoms with Crippen molar-refractivity contribution in [3.05, 3.63) is 29.8 Å². The first-order chi connectivity index (χ1) is 11.9. The van der Waals surface area contributed by atoms with Crippen LogP contribution >= 0.6 is 0 Å². The highest BCUT2D eigenvalue weighted by Crippen LogP contribution is 2.22. The second-order valence-corrected chi connectivity index (χ2v) is 7.95. The molecule has 132 valence electrons. The number of amides is 2. The van der Waals surface area contributed by atoms with E-state index in [2.05, 4.69) is 5.32 Å². The molecule has 0 aromatic heterocycles. The number of carbonyl (C=O) groups excluding carboxylic acids is 2. The first-order valence-electron chi connectivity index (χ1n) is 7.98. The molecule has 1 unspecified atom stereocenters. The van der Waals surface area contributed by atoms with Crippen molar-refractivity contribution in [3.63, 3.8) is 0 Å². The van der Waals surface area contributed by atoms with Gasteiger partial charge in [-0.05, 0) is 12.1 Å². The van der Waals surface area contributed by atoms with Crippen LogP contribution in [0.2, 0.25) is 0 Å². The van der Waals surface area contributed by atoms with Gasteiger partial charge in [0.2, 0.25) is 21.8 Å². The first kappa shape index (κ1) is 17.4. The van der Waals surface area contributed by atoms with Gasteiger partial charge in [-0.1, -0.05) is 12.1 Å². The third-order valence-electron chi connectivity index (χ3n) is 4.50. The molecule has 1 aromatic rings. The van der Waals surface area contributed by atoms with Gasteiger partial charge < -0.3 is 10.2 Å². The quantitative estimate of drug-likeness (QED) is 0.781. The van der Waals surface area contributed by atoms with Crippen molar-refractivity contribution in [2.45, 2.75) is 11.3 Å². The molecule has 0 spiro atoms. The monoisotopic (exact) mass is 362 g/mol. The number of sulfonamides is 1. The summed E-state index contributed by atoms with van der Waals surface area (Å²) in [4.78, 5) is 25.2. The molecule has 2 fully saturated rings. The number of carbonyl (C=O) groups is 2. The Morgan fingerprint density at radius 1 is 1.20 bits per heavy atom. The predicted octanol–water partition coefficient (Wildman–Crippen LogP) is -0.473. The Morgan fingerprint density at radius 3 is 2.48 bits per heavy atom. The molecule has 2 aliphatic rings. The number of piperazine rings is 1. The van der Waals surface area contributed by atoms with Crippen LogP contribution in [0.5, 0.6) is 0 Å². The van der Waals surface area contributed by atoms with Crippen molar-refractivity contribution in [1.29, 1.82) is 5.26 Å². The lowest BCUT2D eigenvalue weighted by Gasteiger charge is -2.35. The Hall–Kier alpha value is -2.44. The molecule has 2 saturated heterocycles. The zero-order valence-electron chi connectivity index (χ0n) is 13.5. The number of rotatable bonds is 3. The number of hydrogen-bond acceptors (Lipinski definition) is 5. The summed E-state index contributed by atoms with van der Waals surface area (Å²) in [7, 11) is -3.78. The van der Waals surface area contributed by atoms with Gasteiger partial charge in [-0.15, -0.1) is 0 Å². The van der Waals surface area contributed by atoms with E-state index in [1.165, 1.54) is 16.4 Å². The third kappa shape index (κ3) is 3.36. The van der Waals surface area contributed by atoms with Gasteiger partial charge in [0.1, 0.15) is 6.07 Å². The number of nitrogens with one attached hydrogen (secondary N) is 1. The number of nitriles is 1. The molecule has 2 heterocycles. The molecule has 0 bridgehead atoms. The van der Waals surface area contributed by atoms with E-state index < -0.39 is 10.0 Å². The maximum atomic E-state index is 12.8. The van der Waals surface area contributed by atoms with Crippen LogP contribution < -0.4 is 5.32 Å². The van der Waals surface area contributed by atoms with E-state index in [9.17, 15) is 18.0 Å². The number of hydrogen-bond donors (Lipinski definition) is 1. The largest absolute Gasteiger partial charge is 0.355 e. The number of nitrogens with zero attached hydrogens (tertiary/aromatic N) is 3. The van der Waals surface area contributed by atoms with Gasteiger partial charge in [0, 0.05) is 39.1 Å². The zero-order valence-corrected chi connectivity index (χ0v) is 14.3. The fraction of sp³-hybridized carbons (Fsp3) is 0.438. The minimum absolute atomic E-state index is 0.0112. The first-order valence-corrected chi connectivity index (χ1v) is 9.42. The van der Waals surface area contributed by atoms with Crippen LogP contribution in [0.25, 0.3) is 0 Å². The zero-order chi connectivity index (χ0) is 18.0. The highest BCUT2D eigenvalue weighted by molar-refractivity contribution is 7.89. The van der Waals surface area contributed by atoms with Crippen LogP contribution in [0, 0.1) is 17.2 Å². The van der Waals surface area contributed by atoms with E-state index in [1.54, 1.807) is 17.0 Å². The average Bonchev–Trinajstić information content (AvgIpc) is 3.07. The fourth-order valence-electron chi connectivity index (χ4n) is 3.11. The maximum Gasteiger partial charge on any atom is 0.244 e. The normalized spacial score (nSPS) is 21.6. The standard InChI is InChI=1S/C16H18N4O4S/c17-10-12-3-1-2-4-14(12)25(23,24)20-7-5-19(6-8-20)16(22)13-9-15(21)18-11-13/h1-4,13H,5-9,11H2,(H,18,21). The molecule has 1 N–H and O–H groups in total. The summed E-state index contributed by atoms with van der Waals surface area (Å²) in [6.45, 7) is 1.23. The summed E-state index contributed by atoms with van der Waals surface area (Å²) in [5.74, 6) is -0.615. The molecule has 25 heavy (non-hydrogen) atoms. The molecular formula is C16H18N4O4S. The van der Waals surface area contributed by atoms with Crippen LogP contribution in [0.15, 0.2) is 29.2 Å². The lowest BCUT2D eigenvalue weighted by atomic mass is 10.1. The summed E-state index contributed by atoms with van der Waals surface area (Å²) < 4.78 is 26.8. The minimum Gasteiger partial charge on any atom is -0.355 e. The Labute approximate surface area is 146 Å². The fourth-order valence-corrected chi connectivity index (χ4v) is 4.67. The van der Waals surface area contributed by atoms with Crippen LogP contribution in [0.1, 0.15) is 12.0 Å². The Kier molecular flexibility index (Phi) is 4.74. The van der Waals surface area contributed by atoms with Gasteiger partial charge in [-0.3, -0.25) is 9.59 Å². The van der Waals surface area contributed by atoms with Gasteiger partial charge in [0.25, 0.3) is 0 Å². The molecule has 0 radical (unpaired) electrons. The molecule has 8 nitrogen and oxygen atoms in total. The molecule has 2 aliphatic heterocycles. The van der Waals surface area contributed by atoms with Gasteiger partial charge >= 0.3 is 0 Å². The predicted molar refractivity (Wildman–Crippen MR) is 87.6 cm³/mol. The highest BCUT2D eigenvalue weighted by atomic mass is 32.2. The Balaban J connectivity index is 1.68. The molecule has 1 atom stereocenters. The van der Waals surface area contributed by atoms with E-state index in [0.717, 1.165) is 0 Å². The molecule has 0 aliphatic carbocycles. The summed E-state index contributed by atoms with van der Waals surface area (Å²) in [5.41, 5.74) is 0.108. The Bertz CT molecular complexity index is 838. The van der Waals surface area contributed by atoms with Crippen LogP contribution in [-0.2, 0) is 19.6 Å². The van der Waals surface area contributed by atoms with E-state index in [0.29, 0.717) is 6.54 Å². The van der Waals surface area contributed by atoms with Gasteiger partial charge in [0.15, 0.2) is 0 Å². The van der Waals surface area contributed by atoms with E-state index in [1.807, 2.05) is 6.07 Å². The second-order valence-electron chi connectivity index (χ2n) is 6.04. The Morgan fingerprint density at radius 2 is 1.88 bits per heavy atom. The van der Waals surface area contributed by atoms with Gasteiger partial charge in [-0.25, -0.2) is 8.42 Å². The summed E-state index contributed by atoms with van der Waals surface area (Å²) >= 11 is 0. The van der Waals surface area contributed by atoms with E-state index >= 15 is 0 Å². The SMILES string of the molecule is N#Cc1ccccc1S(=O)(=O)N1CCN(C(=O)C2CNC(=O)C2)CC1. The molecule has 3 rings (SSSR count). The van der Waals surface area contributed by atoms with Crippen molar-refractivity contribution in [2.24, 2.45) is 5.92 Å². The van der Waals surface area contributed by atoms with E-state index in [4.69, 9.17) is 5.26 Å². The van der Waals surface area contributed by atoms with Crippen molar-refractivity contribution in [3.8, 4) is 6.07 Å². The molecule has 9 heteroatoms. The third-order valence-corrected chi connectivity index (χ3v) is 6.46. The van der Waals surface area contributed by atoms with Crippen molar-refractivity contribution in [1.82, 2.24) is 14.5 Å². The van der Waals surface area contributed by atoms with Gasteiger partial charge in [-0.2, -0.15) is 9.57 Å². The van der Waals surface area contributed by atoms with Crippen molar-refractivity contribution >= 4 is 21.8 Å². The summed E-state index contributed by atoms with van der Waals surface area (Å²) in [6, 6.07) is 7.98. The topological polar surface area (TPSA) is 111 Å². The van der Waals surface area contributed by atoms with Crippen molar-refractivity contribution < 1.29 is 18.0 Å².